The van der Waals surface area contributed by atoms with Crippen molar-refractivity contribution in [3.8, 4) is 5.69 Å². The highest BCUT2D eigenvalue weighted by molar-refractivity contribution is 9.11. The highest BCUT2D eigenvalue weighted by Gasteiger charge is 2.31. The van der Waals surface area contributed by atoms with Crippen molar-refractivity contribution in [2.75, 3.05) is 31.1 Å². The second kappa shape index (κ2) is 7.06. The Morgan fingerprint density at radius 3 is 2.38 bits per heavy atom. The number of nitrogens with zero attached hydrogens (tertiary/aromatic N) is 6. The summed E-state index contributed by atoms with van der Waals surface area (Å²) in [6.45, 7) is 1.83. The normalized spacial score (nSPS) is 16.1. The van der Waals surface area contributed by atoms with Crippen LogP contribution >= 0.6 is 27.3 Å². The van der Waals surface area contributed by atoms with Crippen LogP contribution in [0.25, 0.3) is 5.69 Å². The summed E-state index contributed by atoms with van der Waals surface area (Å²) in [7, 11) is -3.46. The number of anilines is 1. The Morgan fingerprint density at radius 1 is 1.00 bits per heavy atom. The van der Waals surface area contributed by atoms with Crippen LogP contribution < -0.4 is 4.90 Å². The van der Waals surface area contributed by atoms with Crippen molar-refractivity contribution < 1.29 is 8.42 Å². The van der Waals surface area contributed by atoms with Gasteiger partial charge in [-0.1, -0.05) is 23.3 Å². The Bertz CT molecular complexity index is 996. The summed E-state index contributed by atoms with van der Waals surface area (Å²) in [6, 6.07) is 13.0. The first kappa shape index (κ1) is 17.6. The van der Waals surface area contributed by atoms with Crippen LogP contribution in [0.3, 0.4) is 0 Å². The van der Waals surface area contributed by atoms with E-state index in [1.807, 2.05) is 35.2 Å². The smallest absolute Gasteiger partial charge is 0.252 e. The van der Waals surface area contributed by atoms with Crippen molar-refractivity contribution >= 4 is 43.2 Å². The van der Waals surface area contributed by atoms with E-state index in [4.69, 9.17) is 0 Å². The number of hydrogen-bond donors (Lipinski definition) is 0. The summed E-state index contributed by atoms with van der Waals surface area (Å²) in [6.07, 6.45) is 0. The van der Waals surface area contributed by atoms with E-state index in [1.54, 1.807) is 16.8 Å². The monoisotopic (exact) mass is 454 g/mol. The van der Waals surface area contributed by atoms with E-state index in [2.05, 4.69) is 31.5 Å². The molecule has 0 N–H and O–H groups in total. The number of halogens is 1. The van der Waals surface area contributed by atoms with E-state index >= 15 is 0 Å². The summed E-state index contributed by atoms with van der Waals surface area (Å²) in [4.78, 5) is 2.00. The van der Waals surface area contributed by atoms with E-state index < -0.39 is 10.0 Å². The molecule has 1 saturated heterocycles. The first-order valence-corrected chi connectivity index (χ1v) is 10.9. The SMILES string of the molecule is O=S(=O)(c1ccc(Br)s1)N1CCN(c2nnnn2-c2ccccc2)CC1. The zero-order valence-corrected chi connectivity index (χ0v) is 16.8. The second-order valence-corrected chi connectivity index (χ2v) is 10.3. The number of hydrogen-bond acceptors (Lipinski definition) is 7. The molecule has 136 valence electrons. The molecule has 3 heterocycles. The van der Waals surface area contributed by atoms with Crippen molar-refractivity contribution in [2.45, 2.75) is 4.21 Å². The minimum atomic E-state index is -3.46. The molecule has 4 rings (SSSR count). The Labute approximate surface area is 163 Å². The molecular formula is C15H15BrN6O2S2. The van der Waals surface area contributed by atoms with Gasteiger partial charge < -0.3 is 4.90 Å². The van der Waals surface area contributed by atoms with Crippen LogP contribution in [-0.4, -0.2) is 59.1 Å². The minimum absolute atomic E-state index is 0.354. The van der Waals surface area contributed by atoms with Gasteiger partial charge >= 0.3 is 0 Å². The maximum Gasteiger partial charge on any atom is 0.252 e. The van der Waals surface area contributed by atoms with E-state index in [1.165, 1.54) is 15.6 Å². The molecule has 26 heavy (non-hydrogen) atoms. The van der Waals surface area contributed by atoms with Gasteiger partial charge in [-0.2, -0.15) is 8.99 Å². The lowest BCUT2D eigenvalue weighted by atomic mass is 10.3. The van der Waals surface area contributed by atoms with Crippen molar-refractivity contribution in [1.82, 2.24) is 24.5 Å². The largest absolute Gasteiger partial charge is 0.337 e. The van der Waals surface area contributed by atoms with Crippen molar-refractivity contribution in [1.29, 1.82) is 0 Å². The van der Waals surface area contributed by atoms with Crippen LogP contribution in [0.4, 0.5) is 5.95 Å². The van der Waals surface area contributed by atoms with E-state index in [-0.39, 0.29) is 0 Å². The molecule has 0 aliphatic carbocycles. The average molecular weight is 455 g/mol. The van der Waals surface area contributed by atoms with Crippen molar-refractivity contribution in [2.24, 2.45) is 0 Å². The lowest BCUT2D eigenvalue weighted by Crippen LogP contribution is -2.49. The topological polar surface area (TPSA) is 84.2 Å². The van der Waals surface area contributed by atoms with Crippen LogP contribution in [0.1, 0.15) is 0 Å². The minimum Gasteiger partial charge on any atom is -0.337 e. The number of benzene rings is 1. The number of thiophene rings is 1. The predicted molar refractivity (Wildman–Crippen MR) is 102 cm³/mol. The molecule has 0 bridgehead atoms. The summed E-state index contributed by atoms with van der Waals surface area (Å²) in [5.74, 6) is 0.618. The number of sulfonamides is 1. The molecule has 0 spiro atoms. The average Bonchev–Trinajstić information content (AvgIpc) is 3.32. The van der Waals surface area contributed by atoms with Gasteiger partial charge in [0.15, 0.2) is 0 Å². The third kappa shape index (κ3) is 3.27. The molecule has 0 amide bonds. The maximum atomic E-state index is 12.7. The number of rotatable bonds is 4. The van der Waals surface area contributed by atoms with Crippen LogP contribution in [0.2, 0.25) is 0 Å². The van der Waals surface area contributed by atoms with Crippen LogP contribution in [0.15, 0.2) is 50.5 Å². The van der Waals surface area contributed by atoms with Gasteiger partial charge in [-0.15, -0.1) is 11.3 Å². The summed E-state index contributed by atoms with van der Waals surface area (Å²) >= 11 is 4.54. The standard InChI is InChI=1S/C15H15BrN6O2S2/c16-13-6-7-14(25-13)26(23,24)21-10-8-20(9-11-21)15-17-18-19-22(15)12-4-2-1-3-5-12/h1-7H,8-11H2. The quantitative estimate of drug-likeness (QED) is 0.599. The number of para-hydroxylation sites is 1. The molecule has 0 radical (unpaired) electrons. The second-order valence-electron chi connectivity index (χ2n) is 5.68. The summed E-state index contributed by atoms with van der Waals surface area (Å²) in [5.41, 5.74) is 0.867. The fourth-order valence-corrected chi connectivity index (χ4v) is 6.39. The fourth-order valence-electron chi connectivity index (χ4n) is 2.81. The van der Waals surface area contributed by atoms with Gasteiger partial charge in [0.2, 0.25) is 5.95 Å². The molecule has 1 fully saturated rings. The molecule has 0 saturated carbocycles. The molecule has 1 aliphatic rings. The summed E-state index contributed by atoms with van der Waals surface area (Å²) < 4.78 is 29.8. The Kier molecular flexibility index (Phi) is 4.78. The van der Waals surface area contributed by atoms with E-state index in [9.17, 15) is 8.42 Å². The highest BCUT2D eigenvalue weighted by atomic mass is 79.9. The fraction of sp³-hybridized carbons (Fsp3) is 0.267. The first-order valence-electron chi connectivity index (χ1n) is 7.90. The number of aromatic nitrogens is 4. The third-order valence-corrected chi connectivity index (χ3v) is 8.11. The zero-order valence-electron chi connectivity index (χ0n) is 13.6. The van der Waals surface area contributed by atoms with Crippen LogP contribution in [0.5, 0.6) is 0 Å². The van der Waals surface area contributed by atoms with E-state index in [0.29, 0.717) is 36.3 Å². The van der Waals surface area contributed by atoms with Gasteiger partial charge in [0, 0.05) is 26.2 Å². The molecular weight excluding hydrogens is 440 g/mol. The maximum absolute atomic E-state index is 12.7. The third-order valence-electron chi connectivity index (χ3n) is 4.12. The molecule has 0 atom stereocenters. The summed E-state index contributed by atoms with van der Waals surface area (Å²) in [5, 5.41) is 12.0. The molecule has 8 nitrogen and oxygen atoms in total. The number of tetrazole rings is 1. The van der Waals surface area contributed by atoms with Gasteiger partial charge in [-0.05, 0) is 50.6 Å². The predicted octanol–water partition coefficient (Wildman–Crippen LogP) is 2.00. The molecule has 2 aromatic heterocycles. The first-order chi connectivity index (χ1) is 12.6. The molecule has 0 unspecified atom stereocenters. The lowest BCUT2D eigenvalue weighted by Gasteiger charge is -2.33. The Balaban J connectivity index is 1.51. The molecule has 3 aromatic rings. The van der Waals surface area contributed by atoms with Gasteiger partial charge in [0.25, 0.3) is 10.0 Å². The van der Waals surface area contributed by atoms with Crippen LogP contribution in [0, 0.1) is 0 Å². The molecule has 1 aliphatic heterocycles. The highest BCUT2D eigenvalue weighted by Crippen LogP contribution is 2.29. The van der Waals surface area contributed by atoms with Crippen molar-refractivity contribution in [3.05, 3.63) is 46.3 Å². The van der Waals surface area contributed by atoms with E-state index in [0.717, 1.165) is 9.47 Å². The Hall–Kier alpha value is -1.82. The van der Waals surface area contributed by atoms with Crippen molar-refractivity contribution in [3.63, 3.8) is 0 Å². The van der Waals surface area contributed by atoms with Gasteiger partial charge in [-0.3, -0.25) is 0 Å². The van der Waals surface area contributed by atoms with Gasteiger partial charge in [0.1, 0.15) is 4.21 Å². The zero-order chi connectivity index (χ0) is 18.1. The molecule has 11 heteroatoms. The van der Waals surface area contributed by atoms with Gasteiger partial charge in [0.05, 0.1) is 9.47 Å². The Morgan fingerprint density at radius 2 is 1.73 bits per heavy atom. The number of piperazine rings is 1. The van der Waals surface area contributed by atoms with Crippen LogP contribution in [-0.2, 0) is 10.0 Å². The van der Waals surface area contributed by atoms with Gasteiger partial charge in [-0.25, -0.2) is 8.42 Å². The molecule has 1 aromatic carbocycles. The lowest BCUT2D eigenvalue weighted by molar-refractivity contribution is 0.382.